The van der Waals surface area contributed by atoms with E-state index in [1.807, 2.05) is 110 Å². The molecule has 216 valence electrons. The van der Waals surface area contributed by atoms with E-state index in [4.69, 9.17) is 4.74 Å². The third kappa shape index (κ3) is 9.52. The number of hydrogen-bond donors (Lipinski definition) is 4. The van der Waals surface area contributed by atoms with E-state index in [2.05, 4.69) is 16.0 Å². The molecule has 4 rings (SSSR count). The van der Waals surface area contributed by atoms with Gasteiger partial charge in [0.2, 0.25) is 5.91 Å². The molecule has 0 saturated heterocycles. The summed E-state index contributed by atoms with van der Waals surface area (Å²) < 4.78 is 5.89. The molecule has 0 fully saturated rings. The predicted molar refractivity (Wildman–Crippen MR) is 164 cm³/mol. The van der Waals surface area contributed by atoms with Crippen molar-refractivity contribution in [1.29, 1.82) is 0 Å². The molecular weight excluding hydrogens is 530 g/mol. The standard InChI is InChI=1S/C34H35N3O5/c1-24-7-5-6-10-31(24)37-34(41)36-29-15-11-25(12-16-29)19-20-42-30-17-13-26(14-18-30)21-28(22-32(38)39)33(40)35-23-27-8-3-2-4-9-27/h2-18,28H,19-23H2,1H3,(H,35,40)(H,38,39)(H2,36,37,41). The number of benzene rings is 4. The van der Waals surface area contributed by atoms with Crippen LogP contribution in [0.3, 0.4) is 0 Å². The highest BCUT2D eigenvalue weighted by molar-refractivity contribution is 6.00. The lowest BCUT2D eigenvalue weighted by Gasteiger charge is -2.16. The lowest BCUT2D eigenvalue weighted by Crippen LogP contribution is -2.33. The number of amides is 3. The predicted octanol–water partition coefficient (Wildman–Crippen LogP) is 6.21. The van der Waals surface area contributed by atoms with E-state index in [0.29, 0.717) is 37.4 Å². The Hall–Kier alpha value is -5.11. The van der Waals surface area contributed by atoms with Gasteiger partial charge in [-0.25, -0.2) is 4.79 Å². The lowest BCUT2D eigenvalue weighted by molar-refractivity contribution is -0.141. The van der Waals surface area contributed by atoms with Gasteiger partial charge in [-0.15, -0.1) is 0 Å². The Kier molecular flexibility index (Phi) is 10.7. The first kappa shape index (κ1) is 29.9. The first-order valence-electron chi connectivity index (χ1n) is 13.8. The van der Waals surface area contributed by atoms with E-state index < -0.39 is 11.9 Å². The SMILES string of the molecule is Cc1ccccc1NC(=O)Nc1ccc(CCOc2ccc(CC(CC(=O)O)C(=O)NCc3ccccc3)cc2)cc1. The van der Waals surface area contributed by atoms with Gasteiger partial charge >= 0.3 is 12.0 Å². The topological polar surface area (TPSA) is 117 Å². The number of carbonyl (C=O) groups excluding carboxylic acids is 2. The maximum absolute atomic E-state index is 12.7. The summed E-state index contributed by atoms with van der Waals surface area (Å²) in [6.07, 6.45) is 0.751. The smallest absolute Gasteiger partial charge is 0.323 e. The molecule has 1 unspecified atom stereocenters. The number of ether oxygens (including phenoxy) is 1. The second-order valence-electron chi connectivity index (χ2n) is 10.0. The first-order chi connectivity index (χ1) is 20.4. The Morgan fingerprint density at radius 1 is 0.762 bits per heavy atom. The number of urea groups is 1. The second kappa shape index (κ2) is 15.0. The van der Waals surface area contributed by atoms with Crippen LogP contribution in [0.1, 0.15) is 28.7 Å². The molecule has 4 aromatic rings. The summed E-state index contributed by atoms with van der Waals surface area (Å²) in [4.78, 5) is 36.4. The van der Waals surface area contributed by atoms with Gasteiger partial charge < -0.3 is 25.8 Å². The Bertz CT molecular complexity index is 1470. The third-order valence-corrected chi connectivity index (χ3v) is 6.77. The van der Waals surface area contributed by atoms with E-state index >= 15 is 0 Å². The first-order valence-corrected chi connectivity index (χ1v) is 13.8. The quantitative estimate of drug-likeness (QED) is 0.154. The number of carboxylic acids is 1. The highest BCUT2D eigenvalue weighted by atomic mass is 16.5. The minimum atomic E-state index is -1.01. The highest BCUT2D eigenvalue weighted by Gasteiger charge is 2.22. The number of anilines is 2. The number of carbonyl (C=O) groups is 3. The van der Waals surface area contributed by atoms with E-state index in [9.17, 15) is 19.5 Å². The molecule has 4 aromatic carbocycles. The fourth-order valence-electron chi connectivity index (χ4n) is 4.44. The maximum Gasteiger partial charge on any atom is 0.323 e. The summed E-state index contributed by atoms with van der Waals surface area (Å²) >= 11 is 0. The number of hydrogen-bond acceptors (Lipinski definition) is 4. The Morgan fingerprint density at radius 2 is 1.43 bits per heavy atom. The summed E-state index contributed by atoms with van der Waals surface area (Å²) in [5.74, 6) is -1.28. The molecule has 0 saturated carbocycles. The van der Waals surface area contributed by atoms with Crippen molar-refractivity contribution in [3.05, 3.63) is 125 Å². The summed E-state index contributed by atoms with van der Waals surface area (Å²) in [5.41, 5.74) is 5.32. The van der Waals surface area contributed by atoms with Crippen molar-refractivity contribution >= 4 is 29.3 Å². The van der Waals surface area contributed by atoms with Gasteiger partial charge in [-0.05, 0) is 65.9 Å². The van der Waals surface area contributed by atoms with Crippen LogP contribution in [-0.2, 0) is 29.0 Å². The minimum absolute atomic E-state index is 0.245. The zero-order chi connectivity index (χ0) is 29.7. The van der Waals surface area contributed by atoms with Crippen LogP contribution in [0.4, 0.5) is 16.2 Å². The van der Waals surface area contributed by atoms with Crippen LogP contribution in [0.2, 0.25) is 0 Å². The maximum atomic E-state index is 12.7. The third-order valence-electron chi connectivity index (χ3n) is 6.77. The Labute approximate surface area is 245 Å². The molecule has 0 bridgehead atoms. The molecule has 8 nitrogen and oxygen atoms in total. The van der Waals surface area contributed by atoms with Gasteiger partial charge in [0, 0.05) is 24.3 Å². The van der Waals surface area contributed by atoms with E-state index in [1.165, 1.54) is 0 Å². The molecule has 0 aliphatic rings. The Morgan fingerprint density at radius 3 is 2.12 bits per heavy atom. The van der Waals surface area contributed by atoms with Crippen molar-refractivity contribution in [1.82, 2.24) is 5.32 Å². The fourth-order valence-corrected chi connectivity index (χ4v) is 4.44. The van der Waals surface area contributed by atoms with Crippen LogP contribution < -0.4 is 20.7 Å². The lowest BCUT2D eigenvalue weighted by atomic mass is 9.95. The number of aliphatic carboxylic acids is 1. The molecule has 8 heteroatoms. The summed E-state index contributed by atoms with van der Waals surface area (Å²) in [7, 11) is 0. The van der Waals surface area contributed by atoms with Gasteiger partial charge in [0.05, 0.1) is 18.9 Å². The molecule has 0 aliphatic carbocycles. The molecule has 3 amide bonds. The molecule has 0 aliphatic heterocycles. The Balaban J connectivity index is 1.22. The van der Waals surface area contributed by atoms with Gasteiger partial charge in [-0.3, -0.25) is 9.59 Å². The largest absolute Gasteiger partial charge is 0.493 e. The van der Waals surface area contributed by atoms with Crippen LogP contribution >= 0.6 is 0 Å². The van der Waals surface area contributed by atoms with E-state index in [-0.39, 0.29) is 18.4 Å². The molecule has 0 spiro atoms. The van der Waals surface area contributed by atoms with Crippen LogP contribution in [0, 0.1) is 12.8 Å². The van der Waals surface area contributed by atoms with Crippen LogP contribution in [0.25, 0.3) is 0 Å². The van der Waals surface area contributed by atoms with E-state index in [0.717, 1.165) is 27.9 Å². The second-order valence-corrected chi connectivity index (χ2v) is 10.0. The summed E-state index contributed by atoms with van der Waals surface area (Å²) in [5, 5.41) is 17.9. The van der Waals surface area contributed by atoms with Gasteiger partial charge in [0.1, 0.15) is 5.75 Å². The van der Waals surface area contributed by atoms with Crippen molar-refractivity contribution in [3.8, 4) is 5.75 Å². The number of carboxylic acid groups (broad SMARTS) is 1. The minimum Gasteiger partial charge on any atom is -0.493 e. The highest BCUT2D eigenvalue weighted by Crippen LogP contribution is 2.19. The summed E-state index contributed by atoms with van der Waals surface area (Å²) in [6.45, 7) is 2.75. The van der Waals surface area contributed by atoms with Crippen LogP contribution in [0.15, 0.2) is 103 Å². The van der Waals surface area contributed by atoms with Crippen molar-refractivity contribution in [2.24, 2.45) is 5.92 Å². The van der Waals surface area contributed by atoms with Crippen molar-refractivity contribution < 1.29 is 24.2 Å². The van der Waals surface area contributed by atoms with Crippen molar-refractivity contribution in [2.45, 2.75) is 32.7 Å². The monoisotopic (exact) mass is 565 g/mol. The number of nitrogens with one attached hydrogen (secondary N) is 3. The van der Waals surface area contributed by atoms with Gasteiger partial charge in [-0.1, -0.05) is 72.8 Å². The van der Waals surface area contributed by atoms with Crippen LogP contribution in [0.5, 0.6) is 5.75 Å². The molecular formula is C34H35N3O5. The number of para-hydroxylation sites is 1. The molecule has 42 heavy (non-hydrogen) atoms. The summed E-state index contributed by atoms with van der Waals surface area (Å²) in [6, 6.07) is 31.8. The molecule has 0 aromatic heterocycles. The van der Waals surface area contributed by atoms with Crippen LogP contribution in [-0.4, -0.2) is 29.6 Å². The zero-order valence-corrected chi connectivity index (χ0v) is 23.5. The zero-order valence-electron chi connectivity index (χ0n) is 23.5. The average molecular weight is 566 g/mol. The van der Waals surface area contributed by atoms with Gasteiger partial charge in [0.25, 0.3) is 0 Å². The molecule has 0 radical (unpaired) electrons. The number of rotatable bonds is 13. The molecule has 4 N–H and O–H groups in total. The van der Waals surface area contributed by atoms with E-state index in [1.54, 1.807) is 0 Å². The van der Waals surface area contributed by atoms with Gasteiger partial charge in [0.15, 0.2) is 0 Å². The van der Waals surface area contributed by atoms with Gasteiger partial charge in [-0.2, -0.15) is 0 Å². The fraction of sp³-hybridized carbons (Fsp3) is 0.206. The number of aryl methyl sites for hydroxylation is 1. The normalized spacial score (nSPS) is 11.3. The van der Waals surface area contributed by atoms with Crippen molar-refractivity contribution in [3.63, 3.8) is 0 Å². The van der Waals surface area contributed by atoms with Crippen molar-refractivity contribution in [2.75, 3.05) is 17.2 Å². The molecule has 0 heterocycles. The average Bonchev–Trinajstić information content (AvgIpc) is 2.99. The molecule has 1 atom stereocenters.